The second-order valence-electron chi connectivity index (χ2n) is 4.50. The zero-order valence-electron chi connectivity index (χ0n) is 11.2. The molecule has 3 N–H and O–H groups in total. The second kappa shape index (κ2) is 5.56. The fraction of sp³-hybridized carbons (Fsp3) is 0.636. The molecule has 0 saturated carbocycles. The molecule has 17 heavy (non-hydrogen) atoms. The number of aliphatic imine (C=N–C) groups is 1. The minimum atomic E-state index is 0.294. The van der Waals surface area contributed by atoms with Crippen LogP contribution >= 0.6 is 0 Å². The Kier molecular flexibility index (Phi) is 4.37. The van der Waals surface area contributed by atoms with Crippen molar-refractivity contribution in [1.82, 2.24) is 14.9 Å². The third-order valence-electron chi connectivity index (χ3n) is 2.31. The molecule has 0 bridgehead atoms. The summed E-state index contributed by atoms with van der Waals surface area (Å²) >= 11 is 0. The van der Waals surface area contributed by atoms with Crippen molar-refractivity contribution < 1.29 is 0 Å². The van der Waals surface area contributed by atoms with E-state index in [0.717, 1.165) is 11.6 Å². The lowest BCUT2D eigenvalue weighted by Crippen LogP contribution is -2.36. The minimum Gasteiger partial charge on any atom is -0.370 e. The standard InChI is InChI=1S/C11H22N6/c1-8(2)15-10(12)13-6-9-7-14-11(16(3)4)17(9)5/h7-8H,6H2,1-5H3,(H3,12,13,15). The van der Waals surface area contributed by atoms with Crippen molar-refractivity contribution in [2.45, 2.75) is 26.4 Å². The maximum Gasteiger partial charge on any atom is 0.204 e. The van der Waals surface area contributed by atoms with Gasteiger partial charge >= 0.3 is 0 Å². The van der Waals surface area contributed by atoms with Gasteiger partial charge < -0.3 is 20.5 Å². The summed E-state index contributed by atoms with van der Waals surface area (Å²) in [7, 11) is 5.90. The first kappa shape index (κ1) is 13.3. The van der Waals surface area contributed by atoms with E-state index in [1.54, 1.807) is 0 Å². The van der Waals surface area contributed by atoms with Crippen molar-refractivity contribution in [1.29, 1.82) is 0 Å². The number of rotatable bonds is 4. The Balaban J connectivity index is 2.70. The van der Waals surface area contributed by atoms with Gasteiger partial charge in [0.15, 0.2) is 5.96 Å². The van der Waals surface area contributed by atoms with E-state index in [9.17, 15) is 0 Å². The van der Waals surface area contributed by atoms with Gasteiger partial charge in [0.05, 0.1) is 18.4 Å². The van der Waals surface area contributed by atoms with Gasteiger partial charge in [-0.3, -0.25) is 0 Å². The van der Waals surface area contributed by atoms with Crippen LogP contribution in [0.5, 0.6) is 0 Å². The van der Waals surface area contributed by atoms with E-state index >= 15 is 0 Å². The summed E-state index contributed by atoms with van der Waals surface area (Å²) < 4.78 is 2.01. The molecule has 0 aromatic carbocycles. The molecule has 1 aromatic rings. The molecule has 1 heterocycles. The molecule has 1 aromatic heterocycles. The molecular formula is C11H22N6. The summed E-state index contributed by atoms with van der Waals surface area (Å²) in [4.78, 5) is 10.5. The van der Waals surface area contributed by atoms with Crippen LogP contribution in [0.3, 0.4) is 0 Å². The highest BCUT2D eigenvalue weighted by molar-refractivity contribution is 5.78. The topological polar surface area (TPSA) is 71.5 Å². The molecule has 0 fully saturated rings. The fourth-order valence-corrected chi connectivity index (χ4v) is 1.50. The lowest BCUT2D eigenvalue weighted by Gasteiger charge is -2.12. The van der Waals surface area contributed by atoms with Gasteiger partial charge in [-0.2, -0.15) is 0 Å². The van der Waals surface area contributed by atoms with E-state index in [0.29, 0.717) is 18.5 Å². The Labute approximate surface area is 103 Å². The van der Waals surface area contributed by atoms with Crippen molar-refractivity contribution in [3.8, 4) is 0 Å². The van der Waals surface area contributed by atoms with Crippen LogP contribution in [0, 0.1) is 0 Å². The highest BCUT2D eigenvalue weighted by atomic mass is 15.3. The zero-order valence-corrected chi connectivity index (χ0v) is 11.2. The number of aromatic nitrogens is 2. The Morgan fingerprint density at radius 2 is 2.24 bits per heavy atom. The normalized spacial score (nSPS) is 12.0. The van der Waals surface area contributed by atoms with Crippen LogP contribution in [0.1, 0.15) is 19.5 Å². The molecule has 96 valence electrons. The first-order valence-corrected chi connectivity index (χ1v) is 5.66. The summed E-state index contributed by atoms with van der Waals surface area (Å²) in [5.41, 5.74) is 6.77. The van der Waals surface area contributed by atoms with Gasteiger partial charge in [0.2, 0.25) is 5.95 Å². The van der Waals surface area contributed by atoms with Gasteiger partial charge in [0, 0.05) is 27.2 Å². The predicted octanol–water partition coefficient (Wildman–Crippen LogP) is 0.299. The highest BCUT2D eigenvalue weighted by Crippen LogP contribution is 2.11. The molecule has 0 atom stereocenters. The Hall–Kier alpha value is -1.72. The second-order valence-corrected chi connectivity index (χ2v) is 4.50. The number of anilines is 1. The highest BCUT2D eigenvalue weighted by Gasteiger charge is 2.07. The van der Waals surface area contributed by atoms with E-state index < -0.39 is 0 Å². The van der Waals surface area contributed by atoms with Crippen LogP contribution in [0.25, 0.3) is 0 Å². The van der Waals surface area contributed by atoms with Gasteiger partial charge in [-0.25, -0.2) is 9.98 Å². The van der Waals surface area contributed by atoms with E-state index in [2.05, 4.69) is 15.3 Å². The molecule has 6 nitrogen and oxygen atoms in total. The van der Waals surface area contributed by atoms with Crippen LogP contribution in [-0.4, -0.2) is 35.6 Å². The molecule has 0 radical (unpaired) electrons. The summed E-state index contributed by atoms with van der Waals surface area (Å²) in [5.74, 6) is 1.37. The molecule has 1 rings (SSSR count). The number of imidazole rings is 1. The van der Waals surface area contributed by atoms with Crippen LogP contribution in [0.15, 0.2) is 11.2 Å². The number of hydrogen-bond donors (Lipinski definition) is 2. The SMILES string of the molecule is CC(C)NC(N)=NCc1cnc(N(C)C)n1C. The fourth-order valence-electron chi connectivity index (χ4n) is 1.50. The van der Waals surface area contributed by atoms with Crippen LogP contribution in [0.2, 0.25) is 0 Å². The maximum atomic E-state index is 5.74. The van der Waals surface area contributed by atoms with E-state index in [1.165, 1.54) is 0 Å². The molecule has 0 aliphatic carbocycles. The van der Waals surface area contributed by atoms with E-state index in [-0.39, 0.29) is 0 Å². The molecule has 0 spiro atoms. The Morgan fingerprint density at radius 1 is 1.59 bits per heavy atom. The van der Waals surface area contributed by atoms with Crippen molar-refractivity contribution in [2.75, 3.05) is 19.0 Å². The Morgan fingerprint density at radius 3 is 2.71 bits per heavy atom. The van der Waals surface area contributed by atoms with E-state index in [1.807, 2.05) is 50.7 Å². The van der Waals surface area contributed by atoms with Crippen LogP contribution in [-0.2, 0) is 13.6 Å². The van der Waals surface area contributed by atoms with Crippen LogP contribution in [0.4, 0.5) is 5.95 Å². The number of guanidine groups is 1. The van der Waals surface area contributed by atoms with Crippen LogP contribution < -0.4 is 16.0 Å². The smallest absolute Gasteiger partial charge is 0.204 e. The number of nitrogens with one attached hydrogen (secondary N) is 1. The molecular weight excluding hydrogens is 216 g/mol. The predicted molar refractivity (Wildman–Crippen MR) is 71.1 cm³/mol. The Bertz CT molecular complexity index is 391. The van der Waals surface area contributed by atoms with Crippen molar-refractivity contribution >= 4 is 11.9 Å². The quantitative estimate of drug-likeness (QED) is 0.584. The largest absolute Gasteiger partial charge is 0.370 e. The molecule has 0 aliphatic rings. The first-order valence-electron chi connectivity index (χ1n) is 5.66. The summed E-state index contributed by atoms with van der Waals surface area (Å²) in [6, 6.07) is 0.294. The first-order chi connectivity index (χ1) is 7.91. The molecule has 0 unspecified atom stereocenters. The minimum absolute atomic E-state index is 0.294. The van der Waals surface area contributed by atoms with Gasteiger partial charge in [-0.1, -0.05) is 0 Å². The number of nitrogens with zero attached hydrogens (tertiary/aromatic N) is 4. The third-order valence-corrected chi connectivity index (χ3v) is 2.31. The molecule has 0 saturated heterocycles. The summed E-state index contributed by atoms with van der Waals surface area (Å²) in [6.45, 7) is 4.58. The van der Waals surface area contributed by atoms with Crippen molar-refractivity contribution in [3.63, 3.8) is 0 Å². The summed E-state index contributed by atoms with van der Waals surface area (Å²) in [5, 5.41) is 3.05. The van der Waals surface area contributed by atoms with Gasteiger partial charge in [-0.05, 0) is 13.8 Å². The van der Waals surface area contributed by atoms with Crippen molar-refractivity contribution in [2.24, 2.45) is 17.8 Å². The van der Waals surface area contributed by atoms with Gasteiger partial charge in [0.1, 0.15) is 0 Å². The van der Waals surface area contributed by atoms with Gasteiger partial charge in [0.25, 0.3) is 0 Å². The molecule has 0 amide bonds. The molecule has 0 aliphatic heterocycles. The average Bonchev–Trinajstić information content (AvgIpc) is 2.55. The van der Waals surface area contributed by atoms with Gasteiger partial charge in [-0.15, -0.1) is 0 Å². The summed E-state index contributed by atoms with van der Waals surface area (Å²) in [6.07, 6.45) is 1.82. The van der Waals surface area contributed by atoms with E-state index in [4.69, 9.17) is 5.73 Å². The zero-order chi connectivity index (χ0) is 13.0. The lowest BCUT2D eigenvalue weighted by atomic mass is 10.4. The average molecular weight is 238 g/mol. The lowest BCUT2D eigenvalue weighted by molar-refractivity contribution is 0.720. The van der Waals surface area contributed by atoms with Crippen molar-refractivity contribution in [3.05, 3.63) is 11.9 Å². The number of hydrogen-bond acceptors (Lipinski definition) is 3. The third kappa shape index (κ3) is 3.65. The maximum absolute atomic E-state index is 5.74. The monoisotopic (exact) mass is 238 g/mol. The number of nitrogens with two attached hydrogens (primary N) is 1. The molecule has 6 heteroatoms.